The molecule has 5 aromatic rings. The predicted molar refractivity (Wildman–Crippen MR) is 127 cm³/mol. The van der Waals surface area contributed by atoms with Crippen molar-refractivity contribution in [1.29, 1.82) is 0 Å². The summed E-state index contributed by atoms with van der Waals surface area (Å²) >= 11 is 0. The van der Waals surface area contributed by atoms with Crippen LogP contribution in [-0.4, -0.2) is 43.4 Å². The highest BCUT2D eigenvalue weighted by molar-refractivity contribution is 5.84. The Bertz CT molecular complexity index is 1490. The Morgan fingerprint density at radius 3 is 2.91 bits per heavy atom. The van der Waals surface area contributed by atoms with Crippen LogP contribution in [0.3, 0.4) is 0 Å². The average Bonchev–Trinajstić information content (AvgIpc) is 3.44. The third kappa shape index (κ3) is 4.38. The number of benzene rings is 2. The van der Waals surface area contributed by atoms with Crippen LogP contribution in [0.15, 0.2) is 60.8 Å². The van der Waals surface area contributed by atoms with E-state index in [1.54, 1.807) is 36.5 Å². The summed E-state index contributed by atoms with van der Waals surface area (Å²) in [4.78, 5) is 16.6. The number of hydrogen-bond acceptors (Lipinski definition) is 6. The molecule has 0 aliphatic heterocycles. The number of aromatic nitrogens is 5. The minimum atomic E-state index is -0.509. The fourth-order valence-electron chi connectivity index (χ4n) is 3.57. The fraction of sp³-hybridized carbons (Fsp3) is 0.167. The minimum absolute atomic E-state index is 0.0270. The number of halogens is 1. The van der Waals surface area contributed by atoms with E-state index in [0.29, 0.717) is 28.5 Å². The Morgan fingerprint density at radius 1 is 1.18 bits per heavy atom. The lowest BCUT2D eigenvalue weighted by molar-refractivity contribution is -0.123. The third-order valence-electron chi connectivity index (χ3n) is 5.08. The lowest BCUT2D eigenvalue weighted by Gasteiger charge is -2.12. The second-order valence-corrected chi connectivity index (χ2v) is 8.07. The molecular weight excluding hydrogens is 437 g/mol. The average molecular weight is 459 g/mol. The van der Waals surface area contributed by atoms with Gasteiger partial charge in [0.1, 0.15) is 11.3 Å². The number of anilines is 2. The van der Waals surface area contributed by atoms with Crippen LogP contribution < -0.4 is 15.4 Å². The number of carbonyl (C=O) groups excluding carboxylic acids is 1. The standard InChI is InChI=1S/C24H22FN7O2/c1-14(2)27-22(33)13-34-18-5-3-4-15(11-18)23-29-24(20-8-9-21(25)32(20)31-23)28-17-6-7-19-16(10-17)12-26-30-19/h3-12,14H,13H2,1-2H3,(H,26,30)(H,27,33)(H,28,29,31). The number of H-pyrrole nitrogens is 1. The van der Waals surface area contributed by atoms with Crippen molar-refractivity contribution < 1.29 is 13.9 Å². The first-order chi connectivity index (χ1) is 16.5. The summed E-state index contributed by atoms with van der Waals surface area (Å²) in [6, 6.07) is 15.7. The zero-order valence-electron chi connectivity index (χ0n) is 18.5. The summed E-state index contributed by atoms with van der Waals surface area (Å²) in [7, 11) is 0. The maximum atomic E-state index is 14.5. The molecule has 0 aliphatic rings. The molecule has 3 N–H and O–H groups in total. The quantitative estimate of drug-likeness (QED) is 0.339. The molecule has 0 unspecified atom stereocenters. The van der Waals surface area contributed by atoms with E-state index in [4.69, 9.17) is 4.74 Å². The number of nitrogens with one attached hydrogen (secondary N) is 3. The highest BCUT2D eigenvalue weighted by Crippen LogP contribution is 2.27. The van der Waals surface area contributed by atoms with Crippen LogP contribution in [0.5, 0.6) is 5.75 Å². The lowest BCUT2D eigenvalue weighted by atomic mass is 10.2. The number of rotatable bonds is 7. The monoisotopic (exact) mass is 459 g/mol. The van der Waals surface area contributed by atoms with Crippen LogP contribution in [0, 0.1) is 5.95 Å². The van der Waals surface area contributed by atoms with Crippen LogP contribution >= 0.6 is 0 Å². The summed E-state index contributed by atoms with van der Waals surface area (Å²) in [6.07, 6.45) is 1.73. The number of carbonyl (C=O) groups is 1. The molecule has 0 atom stereocenters. The van der Waals surface area contributed by atoms with E-state index in [1.165, 1.54) is 10.6 Å². The topological polar surface area (TPSA) is 109 Å². The number of nitrogens with zero attached hydrogens (tertiary/aromatic N) is 4. The second-order valence-electron chi connectivity index (χ2n) is 8.07. The number of hydrogen-bond donors (Lipinski definition) is 3. The van der Waals surface area contributed by atoms with Crippen molar-refractivity contribution in [3.05, 3.63) is 66.7 Å². The van der Waals surface area contributed by atoms with Crippen LogP contribution in [0.25, 0.3) is 27.8 Å². The van der Waals surface area contributed by atoms with Gasteiger partial charge in [0.2, 0.25) is 5.95 Å². The summed E-state index contributed by atoms with van der Waals surface area (Å²) in [5.74, 6) is 0.497. The van der Waals surface area contributed by atoms with Crippen LogP contribution in [0.1, 0.15) is 13.8 Å². The fourth-order valence-corrected chi connectivity index (χ4v) is 3.57. The Morgan fingerprint density at radius 2 is 2.06 bits per heavy atom. The van der Waals surface area contributed by atoms with Crippen molar-refractivity contribution in [3.63, 3.8) is 0 Å². The number of fused-ring (bicyclic) bond motifs is 2. The first-order valence-electron chi connectivity index (χ1n) is 10.7. The molecule has 0 saturated carbocycles. The van der Waals surface area contributed by atoms with Crippen molar-refractivity contribution in [2.45, 2.75) is 19.9 Å². The summed E-state index contributed by atoms with van der Waals surface area (Å²) in [5, 5.41) is 18.3. The van der Waals surface area contributed by atoms with Gasteiger partial charge in [-0.05, 0) is 56.3 Å². The molecule has 1 amide bonds. The zero-order chi connectivity index (χ0) is 23.7. The molecule has 0 bridgehead atoms. The molecule has 2 aromatic carbocycles. The summed E-state index contributed by atoms with van der Waals surface area (Å²) in [5.41, 5.74) is 2.79. The Kier molecular flexibility index (Phi) is 5.54. The molecule has 3 heterocycles. The van der Waals surface area contributed by atoms with Gasteiger partial charge >= 0.3 is 0 Å². The molecular formula is C24H22FN7O2. The SMILES string of the molecule is CC(C)NC(=O)COc1cccc(-c2nc(Nc3ccc4[nH]ncc4c3)c3ccc(F)n3n2)c1. The van der Waals surface area contributed by atoms with E-state index in [1.807, 2.05) is 32.0 Å². The van der Waals surface area contributed by atoms with E-state index < -0.39 is 5.95 Å². The smallest absolute Gasteiger partial charge is 0.258 e. The van der Waals surface area contributed by atoms with Crippen LogP contribution in [0.4, 0.5) is 15.9 Å². The minimum Gasteiger partial charge on any atom is -0.484 e. The first-order valence-corrected chi connectivity index (χ1v) is 10.7. The largest absolute Gasteiger partial charge is 0.484 e. The van der Waals surface area contributed by atoms with Crippen molar-refractivity contribution in [2.75, 3.05) is 11.9 Å². The molecule has 10 heteroatoms. The van der Waals surface area contributed by atoms with Gasteiger partial charge < -0.3 is 15.4 Å². The molecule has 34 heavy (non-hydrogen) atoms. The van der Waals surface area contributed by atoms with Gasteiger partial charge in [0.15, 0.2) is 18.2 Å². The van der Waals surface area contributed by atoms with Gasteiger partial charge in [0.05, 0.1) is 11.7 Å². The summed E-state index contributed by atoms with van der Waals surface area (Å²) in [6.45, 7) is 3.65. The predicted octanol–water partition coefficient (Wildman–Crippen LogP) is 4.06. The summed E-state index contributed by atoms with van der Waals surface area (Å²) < 4.78 is 21.3. The molecule has 3 aromatic heterocycles. The maximum Gasteiger partial charge on any atom is 0.258 e. The number of aromatic amines is 1. The Hall–Kier alpha value is -4.47. The second kappa shape index (κ2) is 8.81. The molecule has 0 fully saturated rings. The van der Waals surface area contributed by atoms with Gasteiger partial charge in [-0.2, -0.15) is 9.49 Å². The third-order valence-corrected chi connectivity index (χ3v) is 5.08. The first kappa shape index (κ1) is 21.4. The van der Waals surface area contributed by atoms with E-state index in [-0.39, 0.29) is 18.6 Å². The van der Waals surface area contributed by atoms with E-state index in [0.717, 1.165) is 16.6 Å². The molecule has 0 saturated heterocycles. The van der Waals surface area contributed by atoms with Crippen molar-refractivity contribution in [3.8, 4) is 17.1 Å². The van der Waals surface area contributed by atoms with Crippen molar-refractivity contribution >= 4 is 33.8 Å². The molecule has 0 aliphatic carbocycles. The zero-order valence-corrected chi connectivity index (χ0v) is 18.5. The maximum absolute atomic E-state index is 14.5. The highest BCUT2D eigenvalue weighted by atomic mass is 19.1. The molecule has 0 spiro atoms. The van der Waals surface area contributed by atoms with E-state index in [2.05, 4.69) is 30.9 Å². The normalized spacial score (nSPS) is 11.3. The van der Waals surface area contributed by atoms with Crippen LogP contribution in [0.2, 0.25) is 0 Å². The lowest BCUT2D eigenvalue weighted by Crippen LogP contribution is -2.34. The Balaban J connectivity index is 1.47. The highest BCUT2D eigenvalue weighted by Gasteiger charge is 2.14. The van der Waals surface area contributed by atoms with Crippen molar-refractivity contribution in [1.82, 2.24) is 30.1 Å². The van der Waals surface area contributed by atoms with Crippen LogP contribution in [-0.2, 0) is 4.79 Å². The van der Waals surface area contributed by atoms with Gasteiger partial charge in [0.25, 0.3) is 5.91 Å². The van der Waals surface area contributed by atoms with Gasteiger partial charge in [-0.3, -0.25) is 9.89 Å². The molecule has 9 nitrogen and oxygen atoms in total. The number of ether oxygens (including phenoxy) is 1. The molecule has 5 rings (SSSR count). The van der Waals surface area contributed by atoms with Crippen molar-refractivity contribution in [2.24, 2.45) is 0 Å². The molecule has 0 radical (unpaired) electrons. The van der Waals surface area contributed by atoms with Gasteiger partial charge in [0, 0.05) is 22.7 Å². The number of amides is 1. The van der Waals surface area contributed by atoms with E-state index in [9.17, 15) is 9.18 Å². The van der Waals surface area contributed by atoms with E-state index >= 15 is 0 Å². The molecule has 172 valence electrons. The van der Waals surface area contributed by atoms with Gasteiger partial charge in [-0.25, -0.2) is 9.50 Å². The Labute approximate surface area is 194 Å². The van der Waals surface area contributed by atoms with Gasteiger partial charge in [-0.1, -0.05) is 12.1 Å². The van der Waals surface area contributed by atoms with Gasteiger partial charge in [-0.15, -0.1) is 5.10 Å².